The Morgan fingerprint density at radius 1 is 1.24 bits per heavy atom. The number of ether oxygens (including phenoxy) is 1. The number of aromatic nitrogens is 2. The second-order valence-corrected chi connectivity index (χ2v) is 7.16. The van der Waals surface area contributed by atoms with Gasteiger partial charge in [-0.1, -0.05) is 31.4 Å². The van der Waals surface area contributed by atoms with Crippen LogP contribution in [0.5, 0.6) is 0 Å². The van der Waals surface area contributed by atoms with Gasteiger partial charge < -0.3 is 4.74 Å². The molecule has 1 fully saturated rings. The lowest BCUT2D eigenvalue weighted by atomic mass is 9.95. The number of methoxy groups -OCH3 is 1. The number of hydrogen-bond donors (Lipinski definition) is 0. The standard InChI is InChI=1S/C20H24N2O2S/c1-24-20(23)13-10-16-14-19(15-8-11-18(25-2)12-9-15)22(21-16)17-6-4-3-5-7-17/h8-14,17H,3-7H2,1-2H3. The molecule has 0 spiro atoms. The van der Waals surface area contributed by atoms with E-state index in [2.05, 4.69) is 46.0 Å². The molecule has 4 nitrogen and oxygen atoms in total. The Hall–Kier alpha value is -2.01. The fraction of sp³-hybridized carbons (Fsp3) is 0.400. The molecule has 1 aliphatic carbocycles. The molecule has 5 heteroatoms. The van der Waals surface area contributed by atoms with E-state index in [0.29, 0.717) is 6.04 Å². The monoisotopic (exact) mass is 356 g/mol. The normalized spacial score (nSPS) is 15.6. The molecule has 0 saturated heterocycles. The summed E-state index contributed by atoms with van der Waals surface area (Å²) >= 11 is 1.74. The number of hydrogen-bond acceptors (Lipinski definition) is 4. The molecule has 1 saturated carbocycles. The van der Waals surface area contributed by atoms with E-state index in [0.717, 1.165) is 29.8 Å². The summed E-state index contributed by atoms with van der Waals surface area (Å²) < 4.78 is 6.83. The largest absolute Gasteiger partial charge is 0.466 e. The molecule has 1 heterocycles. The Balaban J connectivity index is 1.96. The van der Waals surface area contributed by atoms with Crippen molar-refractivity contribution < 1.29 is 9.53 Å². The first-order valence-corrected chi connectivity index (χ1v) is 9.93. The fourth-order valence-electron chi connectivity index (χ4n) is 3.30. The highest BCUT2D eigenvalue weighted by Gasteiger charge is 2.20. The van der Waals surface area contributed by atoms with Gasteiger partial charge in [-0.3, -0.25) is 4.68 Å². The van der Waals surface area contributed by atoms with Crippen LogP contribution in [0.4, 0.5) is 0 Å². The third-order valence-electron chi connectivity index (χ3n) is 4.65. The summed E-state index contributed by atoms with van der Waals surface area (Å²) in [5.74, 6) is -0.363. The van der Waals surface area contributed by atoms with Crippen molar-refractivity contribution in [2.75, 3.05) is 13.4 Å². The first-order valence-electron chi connectivity index (χ1n) is 8.71. The highest BCUT2D eigenvalue weighted by Crippen LogP contribution is 2.33. The van der Waals surface area contributed by atoms with E-state index in [-0.39, 0.29) is 5.97 Å². The molecule has 0 bridgehead atoms. The smallest absolute Gasteiger partial charge is 0.330 e. The number of nitrogens with zero attached hydrogens (tertiary/aromatic N) is 2. The van der Waals surface area contributed by atoms with Gasteiger partial charge >= 0.3 is 5.97 Å². The Bertz CT molecular complexity index is 744. The fourth-order valence-corrected chi connectivity index (χ4v) is 3.71. The Morgan fingerprint density at radius 3 is 2.60 bits per heavy atom. The number of rotatable bonds is 5. The zero-order chi connectivity index (χ0) is 17.6. The molecule has 0 unspecified atom stereocenters. The lowest BCUT2D eigenvalue weighted by Gasteiger charge is -2.24. The predicted molar refractivity (Wildman–Crippen MR) is 103 cm³/mol. The lowest BCUT2D eigenvalue weighted by molar-refractivity contribution is -0.134. The van der Waals surface area contributed by atoms with Crippen molar-refractivity contribution in [2.24, 2.45) is 0 Å². The summed E-state index contributed by atoms with van der Waals surface area (Å²) in [6.07, 6.45) is 11.4. The van der Waals surface area contributed by atoms with E-state index in [9.17, 15) is 4.79 Å². The minimum absolute atomic E-state index is 0.363. The van der Waals surface area contributed by atoms with Gasteiger partial charge in [0.15, 0.2) is 0 Å². The van der Waals surface area contributed by atoms with Crippen LogP contribution >= 0.6 is 11.8 Å². The van der Waals surface area contributed by atoms with Gasteiger partial charge in [0.2, 0.25) is 0 Å². The van der Waals surface area contributed by atoms with E-state index in [4.69, 9.17) is 5.10 Å². The van der Waals surface area contributed by atoms with Crippen molar-refractivity contribution in [3.8, 4) is 11.3 Å². The molecule has 0 aliphatic heterocycles. The van der Waals surface area contributed by atoms with Gasteiger partial charge in [-0.15, -0.1) is 11.8 Å². The van der Waals surface area contributed by atoms with Gasteiger partial charge in [-0.05, 0) is 48.9 Å². The quantitative estimate of drug-likeness (QED) is 0.431. The molecule has 0 amide bonds. The van der Waals surface area contributed by atoms with E-state index in [1.54, 1.807) is 17.8 Å². The van der Waals surface area contributed by atoms with Crippen molar-refractivity contribution >= 4 is 23.8 Å². The van der Waals surface area contributed by atoms with Crippen LogP contribution < -0.4 is 0 Å². The second kappa shape index (κ2) is 8.39. The minimum atomic E-state index is -0.363. The molecule has 0 atom stereocenters. The van der Waals surface area contributed by atoms with Crippen LogP contribution in [0.3, 0.4) is 0 Å². The Morgan fingerprint density at radius 2 is 1.96 bits per heavy atom. The average Bonchev–Trinajstić information content (AvgIpc) is 3.11. The molecule has 1 aromatic heterocycles. The van der Waals surface area contributed by atoms with Crippen molar-refractivity contribution in [3.63, 3.8) is 0 Å². The van der Waals surface area contributed by atoms with Gasteiger partial charge in [-0.25, -0.2) is 4.79 Å². The summed E-state index contributed by atoms with van der Waals surface area (Å²) in [6, 6.07) is 11.1. The van der Waals surface area contributed by atoms with Crippen molar-refractivity contribution in [2.45, 2.75) is 43.0 Å². The molecule has 1 aromatic carbocycles. The third kappa shape index (κ3) is 4.34. The lowest BCUT2D eigenvalue weighted by Crippen LogP contribution is -2.15. The van der Waals surface area contributed by atoms with Crippen molar-refractivity contribution in [3.05, 3.63) is 42.1 Å². The SMILES string of the molecule is COC(=O)C=Cc1cc(-c2ccc(SC)cc2)n(C2CCCCC2)n1. The van der Waals surface area contributed by atoms with Crippen LogP contribution in [0, 0.1) is 0 Å². The van der Waals surface area contributed by atoms with Gasteiger partial charge in [0.25, 0.3) is 0 Å². The average molecular weight is 356 g/mol. The first kappa shape index (κ1) is 17.8. The van der Waals surface area contributed by atoms with Crippen LogP contribution in [0.15, 0.2) is 41.3 Å². The highest BCUT2D eigenvalue weighted by molar-refractivity contribution is 7.98. The molecule has 132 valence electrons. The summed E-state index contributed by atoms with van der Waals surface area (Å²) in [7, 11) is 1.38. The van der Waals surface area contributed by atoms with E-state index >= 15 is 0 Å². The molecule has 3 rings (SSSR count). The van der Waals surface area contributed by atoms with E-state index in [1.807, 2.05) is 0 Å². The van der Waals surface area contributed by atoms with Crippen LogP contribution in [-0.2, 0) is 9.53 Å². The first-order chi connectivity index (χ1) is 12.2. The molecule has 25 heavy (non-hydrogen) atoms. The summed E-state index contributed by atoms with van der Waals surface area (Å²) in [5, 5.41) is 4.78. The molecule has 1 aliphatic rings. The predicted octanol–water partition coefficient (Wildman–Crippen LogP) is 4.96. The van der Waals surface area contributed by atoms with Gasteiger partial charge in [0.1, 0.15) is 0 Å². The summed E-state index contributed by atoms with van der Waals surface area (Å²) in [6.45, 7) is 0. The molecule has 0 radical (unpaired) electrons. The van der Waals surface area contributed by atoms with Crippen LogP contribution in [0.2, 0.25) is 0 Å². The van der Waals surface area contributed by atoms with Crippen molar-refractivity contribution in [1.29, 1.82) is 0 Å². The van der Waals surface area contributed by atoms with E-state index < -0.39 is 0 Å². The van der Waals surface area contributed by atoms with Gasteiger partial charge in [0.05, 0.1) is 24.5 Å². The number of benzene rings is 1. The minimum Gasteiger partial charge on any atom is -0.466 e. The van der Waals surface area contributed by atoms with Gasteiger partial charge in [0, 0.05) is 11.0 Å². The zero-order valence-corrected chi connectivity index (χ0v) is 15.6. The van der Waals surface area contributed by atoms with E-state index in [1.165, 1.54) is 37.3 Å². The van der Waals surface area contributed by atoms with Gasteiger partial charge in [-0.2, -0.15) is 5.10 Å². The number of esters is 1. The maximum absolute atomic E-state index is 11.4. The van der Waals surface area contributed by atoms with Crippen molar-refractivity contribution in [1.82, 2.24) is 9.78 Å². The summed E-state index contributed by atoms with van der Waals surface area (Å²) in [5.41, 5.74) is 3.07. The molecule has 2 aromatic rings. The second-order valence-electron chi connectivity index (χ2n) is 6.28. The molecular formula is C20H24N2O2S. The Labute approximate surface area is 153 Å². The molecule has 0 N–H and O–H groups in total. The van der Waals surface area contributed by atoms with Crippen LogP contribution in [-0.4, -0.2) is 29.1 Å². The highest BCUT2D eigenvalue weighted by atomic mass is 32.2. The third-order valence-corrected chi connectivity index (χ3v) is 5.40. The Kier molecular flexibility index (Phi) is 5.97. The number of carbonyl (C=O) groups is 1. The molecular weight excluding hydrogens is 332 g/mol. The zero-order valence-electron chi connectivity index (χ0n) is 14.8. The maximum atomic E-state index is 11.4. The van der Waals surface area contributed by atoms with Crippen LogP contribution in [0.1, 0.15) is 43.8 Å². The topological polar surface area (TPSA) is 44.1 Å². The maximum Gasteiger partial charge on any atom is 0.330 e. The summed E-state index contributed by atoms with van der Waals surface area (Å²) in [4.78, 5) is 12.6. The number of thioether (sulfide) groups is 1. The number of carbonyl (C=O) groups excluding carboxylic acids is 1. The van der Waals surface area contributed by atoms with Crippen LogP contribution in [0.25, 0.3) is 17.3 Å².